The molecule has 0 bridgehead atoms. The standard InChI is InChI=1S/C31H41N5O5S/c1-31(2,3)41-30(39)34-27-21-42-20-24(27)17-28(37)26-12-9-23(18-33-26)19-36(16-15-35(4)5)29(38)32-14-13-22-7-10-25(40-6)11-8-22/h7-12,18,20-21H,13-17,19H2,1-6H3,(H,32,38)(H,34,39). The highest BCUT2D eigenvalue weighted by molar-refractivity contribution is 7.08. The molecule has 0 fully saturated rings. The molecule has 0 spiro atoms. The maximum Gasteiger partial charge on any atom is 0.412 e. The summed E-state index contributed by atoms with van der Waals surface area (Å²) >= 11 is 1.39. The number of methoxy groups -OCH3 is 1. The summed E-state index contributed by atoms with van der Waals surface area (Å²) in [6.07, 6.45) is 1.86. The molecule has 0 radical (unpaired) electrons. The number of ether oxygens (including phenoxy) is 2. The molecule has 0 aliphatic heterocycles. The van der Waals surface area contributed by atoms with E-state index in [0.29, 0.717) is 49.5 Å². The van der Waals surface area contributed by atoms with Crippen LogP contribution in [0, 0.1) is 0 Å². The number of hydrogen-bond donors (Lipinski definition) is 2. The van der Waals surface area contributed by atoms with Gasteiger partial charge in [0.05, 0.1) is 12.8 Å². The van der Waals surface area contributed by atoms with Crippen molar-refractivity contribution in [2.75, 3.05) is 46.2 Å². The lowest BCUT2D eigenvalue weighted by atomic mass is 10.1. The summed E-state index contributed by atoms with van der Waals surface area (Å²) in [6.45, 7) is 7.47. The van der Waals surface area contributed by atoms with E-state index in [4.69, 9.17) is 9.47 Å². The van der Waals surface area contributed by atoms with Crippen molar-refractivity contribution >= 4 is 34.9 Å². The average molecular weight is 596 g/mol. The van der Waals surface area contributed by atoms with Gasteiger partial charge in [0.2, 0.25) is 0 Å². The summed E-state index contributed by atoms with van der Waals surface area (Å²) in [7, 11) is 5.56. The molecule has 1 aromatic carbocycles. The summed E-state index contributed by atoms with van der Waals surface area (Å²) in [5.41, 5.74) is 2.87. The van der Waals surface area contributed by atoms with Crippen LogP contribution in [0.2, 0.25) is 0 Å². The SMILES string of the molecule is COc1ccc(CCNC(=O)N(CCN(C)C)Cc2ccc(C(=O)Cc3cscc3NC(=O)OC(C)(C)C)nc2)cc1. The van der Waals surface area contributed by atoms with E-state index < -0.39 is 11.7 Å². The zero-order chi connectivity index (χ0) is 30.7. The number of carbonyl (C=O) groups is 3. The number of nitrogens with one attached hydrogen (secondary N) is 2. The van der Waals surface area contributed by atoms with Crippen molar-refractivity contribution in [1.29, 1.82) is 0 Å². The lowest BCUT2D eigenvalue weighted by Crippen LogP contribution is -2.43. The van der Waals surface area contributed by atoms with Crippen LogP contribution in [0.4, 0.5) is 15.3 Å². The Labute approximate surface area is 252 Å². The van der Waals surface area contributed by atoms with E-state index in [0.717, 1.165) is 16.9 Å². The molecule has 0 aliphatic rings. The molecule has 3 aromatic rings. The number of benzene rings is 1. The maximum atomic E-state index is 13.1. The first-order chi connectivity index (χ1) is 19.9. The minimum Gasteiger partial charge on any atom is -0.497 e. The number of urea groups is 1. The fourth-order valence-corrected chi connectivity index (χ4v) is 4.73. The number of ketones is 1. The number of amides is 3. The Balaban J connectivity index is 1.58. The molecule has 0 saturated carbocycles. The molecule has 3 amide bonds. The van der Waals surface area contributed by atoms with Crippen LogP contribution in [0.1, 0.15) is 48.0 Å². The fourth-order valence-electron chi connectivity index (χ4n) is 3.94. The third kappa shape index (κ3) is 10.8. The van der Waals surface area contributed by atoms with Gasteiger partial charge in [-0.2, -0.15) is 0 Å². The summed E-state index contributed by atoms with van der Waals surface area (Å²) in [5, 5.41) is 9.33. The highest BCUT2D eigenvalue weighted by Crippen LogP contribution is 2.23. The highest BCUT2D eigenvalue weighted by atomic mass is 32.1. The van der Waals surface area contributed by atoms with Gasteiger partial charge in [-0.05, 0) is 81.6 Å². The second kappa shape index (κ2) is 15.3. The van der Waals surface area contributed by atoms with Gasteiger partial charge < -0.3 is 24.6 Å². The third-order valence-electron chi connectivity index (χ3n) is 6.17. The minimum absolute atomic E-state index is 0.0898. The van der Waals surface area contributed by atoms with Gasteiger partial charge in [-0.1, -0.05) is 18.2 Å². The molecule has 42 heavy (non-hydrogen) atoms. The van der Waals surface area contributed by atoms with E-state index in [-0.39, 0.29) is 18.2 Å². The number of anilines is 1. The Morgan fingerprint density at radius 3 is 2.31 bits per heavy atom. The smallest absolute Gasteiger partial charge is 0.412 e. The zero-order valence-corrected chi connectivity index (χ0v) is 26.0. The molecule has 226 valence electrons. The first-order valence-corrected chi connectivity index (χ1v) is 14.7. The summed E-state index contributed by atoms with van der Waals surface area (Å²) in [4.78, 5) is 46.4. The number of aromatic nitrogens is 1. The fraction of sp³-hybridized carbons (Fsp3) is 0.419. The number of carbonyl (C=O) groups excluding carboxylic acids is 3. The van der Waals surface area contributed by atoms with Crippen molar-refractivity contribution in [3.05, 3.63) is 75.7 Å². The monoisotopic (exact) mass is 595 g/mol. The topological polar surface area (TPSA) is 113 Å². The van der Waals surface area contributed by atoms with Gasteiger partial charge in [0.25, 0.3) is 0 Å². The van der Waals surface area contributed by atoms with Gasteiger partial charge in [0.1, 0.15) is 17.0 Å². The molecule has 2 heterocycles. The van der Waals surface area contributed by atoms with Crippen LogP contribution in [-0.4, -0.2) is 79.1 Å². The van der Waals surface area contributed by atoms with Gasteiger partial charge in [-0.15, -0.1) is 11.3 Å². The molecule has 10 nitrogen and oxygen atoms in total. The van der Waals surface area contributed by atoms with Crippen molar-refractivity contribution in [1.82, 2.24) is 20.1 Å². The molecule has 2 aromatic heterocycles. The Morgan fingerprint density at radius 1 is 0.976 bits per heavy atom. The molecule has 0 saturated heterocycles. The number of Topliss-reactive ketones (excluding diaryl/α,β-unsaturated/α-hetero) is 1. The van der Waals surface area contributed by atoms with Crippen LogP contribution in [0.25, 0.3) is 0 Å². The first-order valence-electron chi connectivity index (χ1n) is 13.8. The van der Waals surface area contributed by atoms with E-state index in [1.54, 1.807) is 50.4 Å². The number of nitrogens with zero attached hydrogens (tertiary/aromatic N) is 3. The van der Waals surface area contributed by atoms with E-state index >= 15 is 0 Å². The van der Waals surface area contributed by atoms with E-state index in [2.05, 4.69) is 15.6 Å². The molecule has 3 rings (SSSR count). The van der Waals surface area contributed by atoms with Crippen molar-refractivity contribution < 1.29 is 23.9 Å². The van der Waals surface area contributed by atoms with Crippen LogP contribution in [-0.2, 0) is 24.1 Å². The number of thiophene rings is 1. The molecular formula is C31H41N5O5S. The van der Waals surface area contributed by atoms with Crippen LogP contribution in [0.5, 0.6) is 5.75 Å². The van der Waals surface area contributed by atoms with Gasteiger partial charge >= 0.3 is 12.1 Å². The predicted octanol–water partition coefficient (Wildman–Crippen LogP) is 5.24. The third-order valence-corrected chi connectivity index (χ3v) is 6.96. The number of likely N-dealkylation sites (N-methyl/N-ethyl adjacent to an activating group) is 1. The molecule has 0 unspecified atom stereocenters. The van der Waals surface area contributed by atoms with E-state index in [9.17, 15) is 14.4 Å². The molecule has 0 aliphatic carbocycles. The van der Waals surface area contributed by atoms with E-state index in [1.807, 2.05) is 54.7 Å². The number of pyridine rings is 1. The lowest BCUT2D eigenvalue weighted by molar-refractivity contribution is 0.0635. The quantitative estimate of drug-likeness (QED) is 0.260. The Morgan fingerprint density at radius 2 is 1.69 bits per heavy atom. The minimum atomic E-state index is -0.623. The van der Waals surface area contributed by atoms with Gasteiger partial charge in [-0.25, -0.2) is 9.59 Å². The summed E-state index contributed by atoms with van der Waals surface area (Å²) in [5.74, 6) is 0.623. The van der Waals surface area contributed by atoms with Gasteiger partial charge in [-0.3, -0.25) is 15.1 Å². The predicted molar refractivity (Wildman–Crippen MR) is 166 cm³/mol. The summed E-state index contributed by atoms with van der Waals surface area (Å²) < 4.78 is 10.5. The largest absolute Gasteiger partial charge is 0.497 e. The van der Waals surface area contributed by atoms with E-state index in [1.165, 1.54) is 11.3 Å². The number of rotatable bonds is 13. The average Bonchev–Trinajstić information content (AvgIpc) is 3.36. The molecular weight excluding hydrogens is 554 g/mol. The van der Waals surface area contributed by atoms with Crippen molar-refractivity contribution in [2.24, 2.45) is 0 Å². The van der Waals surface area contributed by atoms with Gasteiger partial charge in [0, 0.05) is 44.2 Å². The van der Waals surface area contributed by atoms with Crippen molar-refractivity contribution in [3.63, 3.8) is 0 Å². The maximum absolute atomic E-state index is 13.1. The second-order valence-corrected chi connectivity index (χ2v) is 11.9. The Hall–Kier alpha value is -3.96. The van der Waals surface area contributed by atoms with Crippen LogP contribution in [0.3, 0.4) is 0 Å². The first kappa shape index (κ1) is 32.6. The van der Waals surface area contributed by atoms with Crippen LogP contribution >= 0.6 is 11.3 Å². The van der Waals surface area contributed by atoms with Crippen LogP contribution < -0.4 is 15.4 Å². The van der Waals surface area contributed by atoms with Crippen molar-refractivity contribution in [2.45, 2.75) is 45.8 Å². The number of hydrogen-bond acceptors (Lipinski definition) is 8. The van der Waals surface area contributed by atoms with Crippen LogP contribution in [0.15, 0.2) is 53.4 Å². The Kier molecular flexibility index (Phi) is 11.9. The molecule has 2 N–H and O–H groups in total. The lowest BCUT2D eigenvalue weighted by Gasteiger charge is -2.25. The molecule has 11 heteroatoms. The second-order valence-electron chi connectivity index (χ2n) is 11.1. The normalized spacial score (nSPS) is 11.2. The Bertz CT molecular complexity index is 1320. The zero-order valence-electron chi connectivity index (χ0n) is 25.2. The van der Waals surface area contributed by atoms with Gasteiger partial charge in [0.15, 0.2) is 5.78 Å². The van der Waals surface area contributed by atoms with Crippen molar-refractivity contribution in [3.8, 4) is 5.75 Å². The summed E-state index contributed by atoms with van der Waals surface area (Å²) in [6, 6.07) is 11.1. The highest BCUT2D eigenvalue weighted by Gasteiger charge is 2.19. The molecule has 0 atom stereocenters.